The molecule has 0 aromatic heterocycles. The lowest BCUT2D eigenvalue weighted by molar-refractivity contribution is -0.123. The van der Waals surface area contributed by atoms with Crippen LogP contribution in [0.5, 0.6) is 0 Å². The van der Waals surface area contributed by atoms with E-state index in [9.17, 15) is 4.79 Å². The molecule has 2 fully saturated rings. The van der Waals surface area contributed by atoms with E-state index in [-0.39, 0.29) is 11.9 Å². The molecule has 2 aliphatic carbocycles. The van der Waals surface area contributed by atoms with Crippen molar-refractivity contribution >= 4 is 5.91 Å². The molecule has 0 radical (unpaired) electrons. The third-order valence-electron chi connectivity index (χ3n) is 4.53. The third kappa shape index (κ3) is 4.27. The summed E-state index contributed by atoms with van der Waals surface area (Å²) in [4.78, 5) is 12.0. The Balaban J connectivity index is 1.63. The van der Waals surface area contributed by atoms with Gasteiger partial charge in [0.15, 0.2) is 0 Å². The normalized spacial score (nSPS) is 24.1. The number of amides is 1. The Kier molecular flexibility index (Phi) is 5.48. The van der Waals surface area contributed by atoms with Crippen molar-refractivity contribution in [3.63, 3.8) is 0 Å². The van der Waals surface area contributed by atoms with E-state index in [1.807, 2.05) is 6.92 Å². The maximum Gasteiger partial charge on any atom is 0.237 e. The maximum atomic E-state index is 12.0. The molecule has 1 amide bonds. The average Bonchev–Trinajstić information content (AvgIpc) is 2.90. The molecular weight excluding hydrogens is 224 g/mol. The topological polar surface area (TPSA) is 41.1 Å². The number of rotatable bonds is 5. The first-order chi connectivity index (χ1) is 8.75. The number of carbonyl (C=O) groups excluding carboxylic acids is 1. The van der Waals surface area contributed by atoms with Crippen LogP contribution in [-0.2, 0) is 4.79 Å². The fourth-order valence-electron chi connectivity index (χ4n) is 3.22. The van der Waals surface area contributed by atoms with Gasteiger partial charge < -0.3 is 10.6 Å². The van der Waals surface area contributed by atoms with E-state index in [1.54, 1.807) is 0 Å². The summed E-state index contributed by atoms with van der Waals surface area (Å²) in [6.45, 7) is 3.01. The highest BCUT2D eigenvalue weighted by Gasteiger charge is 2.21. The lowest BCUT2D eigenvalue weighted by Gasteiger charge is -2.24. The number of hydrogen-bond acceptors (Lipinski definition) is 2. The zero-order chi connectivity index (χ0) is 12.8. The molecule has 3 nitrogen and oxygen atoms in total. The van der Waals surface area contributed by atoms with Gasteiger partial charge in [-0.15, -0.1) is 0 Å². The van der Waals surface area contributed by atoms with Crippen molar-refractivity contribution in [2.45, 2.75) is 76.8 Å². The minimum Gasteiger partial charge on any atom is -0.352 e. The van der Waals surface area contributed by atoms with Crippen molar-refractivity contribution in [1.29, 1.82) is 0 Å². The summed E-state index contributed by atoms with van der Waals surface area (Å²) in [5.41, 5.74) is 0. The highest BCUT2D eigenvalue weighted by molar-refractivity contribution is 5.81. The number of hydrogen-bond donors (Lipinski definition) is 2. The van der Waals surface area contributed by atoms with Crippen LogP contribution in [-0.4, -0.2) is 24.5 Å². The first kappa shape index (κ1) is 13.9. The maximum absolute atomic E-state index is 12.0. The summed E-state index contributed by atoms with van der Waals surface area (Å²) in [6, 6.07) is 0.406. The zero-order valence-corrected chi connectivity index (χ0v) is 11.7. The summed E-state index contributed by atoms with van der Waals surface area (Å²) in [7, 11) is 0. The molecule has 2 saturated carbocycles. The molecule has 2 rings (SSSR count). The van der Waals surface area contributed by atoms with Crippen molar-refractivity contribution < 1.29 is 4.79 Å². The molecule has 0 aromatic rings. The number of carbonyl (C=O) groups is 1. The van der Waals surface area contributed by atoms with Gasteiger partial charge in [0.1, 0.15) is 0 Å². The van der Waals surface area contributed by atoms with Crippen LogP contribution in [0.1, 0.15) is 64.7 Å². The minimum atomic E-state index is -0.0347. The summed E-state index contributed by atoms with van der Waals surface area (Å²) in [5, 5.41) is 6.58. The molecule has 1 atom stereocenters. The van der Waals surface area contributed by atoms with Gasteiger partial charge in [0, 0.05) is 6.04 Å². The third-order valence-corrected chi connectivity index (χ3v) is 4.53. The molecule has 104 valence electrons. The van der Waals surface area contributed by atoms with Crippen LogP contribution in [0.4, 0.5) is 0 Å². The smallest absolute Gasteiger partial charge is 0.237 e. The second-order valence-electron chi connectivity index (χ2n) is 6.12. The van der Waals surface area contributed by atoms with Crippen molar-refractivity contribution in [2.75, 3.05) is 6.54 Å². The molecule has 0 spiro atoms. The first-order valence-electron chi connectivity index (χ1n) is 7.79. The fourth-order valence-corrected chi connectivity index (χ4v) is 3.22. The molecule has 0 aromatic carbocycles. The highest BCUT2D eigenvalue weighted by atomic mass is 16.2. The molecule has 3 heteroatoms. The zero-order valence-electron chi connectivity index (χ0n) is 11.7. The molecule has 0 bridgehead atoms. The van der Waals surface area contributed by atoms with E-state index in [0.29, 0.717) is 6.04 Å². The monoisotopic (exact) mass is 252 g/mol. The molecular formula is C15H28N2O. The van der Waals surface area contributed by atoms with E-state index >= 15 is 0 Å². The molecule has 1 unspecified atom stereocenters. The van der Waals surface area contributed by atoms with Crippen LogP contribution in [0.15, 0.2) is 0 Å². The van der Waals surface area contributed by atoms with Crippen LogP contribution >= 0.6 is 0 Å². The van der Waals surface area contributed by atoms with E-state index < -0.39 is 0 Å². The predicted molar refractivity (Wildman–Crippen MR) is 74.4 cm³/mol. The van der Waals surface area contributed by atoms with Crippen LogP contribution in [0.3, 0.4) is 0 Å². The SMILES string of the molecule is CC(NCC1CCCCC1)C(=O)NC1CCCC1. The number of nitrogens with one attached hydrogen (secondary N) is 2. The van der Waals surface area contributed by atoms with Crippen molar-refractivity contribution in [1.82, 2.24) is 10.6 Å². The standard InChI is InChI=1S/C15H28N2O/c1-12(15(18)17-14-9-5-6-10-14)16-11-13-7-3-2-4-8-13/h12-14,16H,2-11H2,1H3,(H,17,18). The van der Waals surface area contributed by atoms with Gasteiger partial charge in [-0.2, -0.15) is 0 Å². The minimum absolute atomic E-state index is 0.0347. The highest BCUT2D eigenvalue weighted by Crippen LogP contribution is 2.23. The lowest BCUT2D eigenvalue weighted by Crippen LogP contribution is -2.46. The van der Waals surface area contributed by atoms with Crippen molar-refractivity contribution in [2.24, 2.45) is 5.92 Å². The summed E-state index contributed by atoms with van der Waals surface area (Å²) in [6.07, 6.45) is 11.7. The Morgan fingerprint density at radius 1 is 1.06 bits per heavy atom. The van der Waals surface area contributed by atoms with Gasteiger partial charge in [0.05, 0.1) is 6.04 Å². The van der Waals surface area contributed by atoms with Crippen LogP contribution in [0.2, 0.25) is 0 Å². The van der Waals surface area contributed by atoms with E-state index in [0.717, 1.165) is 12.5 Å². The summed E-state index contributed by atoms with van der Waals surface area (Å²) >= 11 is 0. The Hall–Kier alpha value is -0.570. The molecule has 2 aliphatic rings. The van der Waals surface area contributed by atoms with E-state index in [1.165, 1.54) is 57.8 Å². The largest absolute Gasteiger partial charge is 0.352 e. The van der Waals surface area contributed by atoms with Gasteiger partial charge in [0.25, 0.3) is 0 Å². The Labute approximate surface area is 111 Å². The van der Waals surface area contributed by atoms with Gasteiger partial charge in [-0.1, -0.05) is 32.1 Å². The van der Waals surface area contributed by atoms with Gasteiger partial charge >= 0.3 is 0 Å². The molecule has 0 heterocycles. The van der Waals surface area contributed by atoms with Crippen molar-refractivity contribution in [3.8, 4) is 0 Å². The summed E-state index contributed by atoms with van der Waals surface area (Å²) < 4.78 is 0. The van der Waals surface area contributed by atoms with E-state index in [2.05, 4.69) is 10.6 Å². The van der Waals surface area contributed by atoms with Gasteiger partial charge in [-0.05, 0) is 45.1 Å². The van der Waals surface area contributed by atoms with Crippen molar-refractivity contribution in [3.05, 3.63) is 0 Å². The lowest BCUT2D eigenvalue weighted by atomic mass is 9.89. The second-order valence-corrected chi connectivity index (χ2v) is 6.12. The van der Waals surface area contributed by atoms with Crippen LogP contribution in [0.25, 0.3) is 0 Å². The Morgan fingerprint density at radius 2 is 1.67 bits per heavy atom. The Bertz CT molecular complexity index is 255. The fraction of sp³-hybridized carbons (Fsp3) is 0.933. The molecule has 2 N–H and O–H groups in total. The van der Waals surface area contributed by atoms with Gasteiger partial charge in [-0.3, -0.25) is 4.79 Å². The Morgan fingerprint density at radius 3 is 2.33 bits per heavy atom. The van der Waals surface area contributed by atoms with Gasteiger partial charge in [0.2, 0.25) is 5.91 Å². The first-order valence-corrected chi connectivity index (χ1v) is 7.79. The van der Waals surface area contributed by atoms with E-state index in [4.69, 9.17) is 0 Å². The van der Waals surface area contributed by atoms with Crippen LogP contribution < -0.4 is 10.6 Å². The second kappa shape index (κ2) is 7.13. The van der Waals surface area contributed by atoms with Crippen LogP contribution in [0, 0.1) is 5.92 Å². The quantitative estimate of drug-likeness (QED) is 0.789. The summed E-state index contributed by atoms with van der Waals surface area (Å²) in [5.74, 6) is 0.984. The average molecular weight is 252 g/mol. The predicted octanol–water partition coefficient (Wildman–Crippen LogP) is 2.60. The molecule has 18 heavy (non-hydrogen) atoms. The molecule has 0 aliphatic heterocycles. The van der Waals surface area contributed by atoms with Gasteiger partial charge in [-0.25, -0.2) is 0 Å². The molecule has 0 saturated heterocycles.